The molecule has 1 heterocycles. The van der Waals surface area contributed by atoms with Crippen molar-refractivity contribution in [1.29, 1.82) is 0 Å². The number of hydrogen-bond donors (Lipinski definition) is 2. The third-order valence-electron chi connectivity index (χ3n) is 5.56. The van der Waals surface area contributed by atoms with Crippen molar-refractivity contribution in [2.45, 2.75) is 51.9 Å². The zero-order chi connectivity index (χ0) is 18.5. The average molecular weight is 434 g/mol. The Morgan fingerprint density at radius 1 is 1.07 bits per heavy atom. The van der Waals surface area contributed by atoms with Crippen molar-refractivity contribution in [3.63, 3.8) is 0 Å². The molecule has 0 bridgehead atoms. The van der Waals surface area contributed by atoms with Crippen LogP contribution in [-0.2, 0) is 12.8 Å². The van der Waals surface area contributed by atoms with Crippen LogP contribution < -0.4 is 0 Å². The highest BCUT2D eigenvalue weighted by atomic mass is 79.9. The Bertz CT molecular complexity index is 733. The van der Waals surface area contributed by atoms with Gasteiger partial charge in [-0.15, -0.1) is 17.0 Å². The largest absolute Gasteiger partial charge is 0.504 e. The maximum absolute atomic E-state index is 10.5. The van der Waals surface area contributed by atoms with Gasteiger partial charge in [-0.05, 0) is 48.6 Å². The van der Waals surface area contributed by atoms with Crippen LogP contribution in [0.4, 0.5) is 0 Å². The van der Waals surface area contributed by atoms with Crippen LogP contribution in [0, 0.1) is 0 Å². The van der Waals surface area contributed by atoms with Gasteiger partial charge in [-0.3, -0.25) is 0 Å². The summed E-state index contributed by atoms with van der Waals surface area (Å²) >= 11 is 0. The minimum atomic E-state index is 0. The van der Waals surface area contributed by atoms with Crippen molar-refractivity contribution in [2.24, 2.45) is 0 Å². The smallest absolute Gasteiger partial charge is 0.160 e. The highest BCUT2D eigenvalue weighted by molar-refractivity contribution is 8.93. The standard InChI is InChI=1S/C23H31NO2.BrH/c1-3-5-13-24-14-12-18-19(9-4-2)23(26)22(25)15-20(18)21(16-24)17-10-7-6-8-11-17;/h6-8,10-11,15,21,25-26H,3-5,9,12-14,16H2,1-2H3;1H. The van der Waals surface area contributed by atoms with E-state index in [0.717, 1.165) is 44.5 Å². The summed E-state index contributed by atoms with van der Waals surface area (Å²) in [5.41, 5.74) is 4.66. The molecule has 4 heteroatoms. The lowest BCUT2D eigenvalue weighted by molar-refractivity contribution is 0.272. The number of unbranched alkanes of at least 4 members (excludes halogenated alkanes) is 1. The molecular weight excluding hydrogens is 402 g/mol. The molecule has 3 nitrogen and oxygen atoms in total. The first-order chi connectivity index (χ1) is 12.7. The van der Waals surface area contributed by atoms with Crippen LogP contribution in [0.3, 0.4) is 0 Å². The fraction of sp³-hybridized carbons (Fsp3) is 0.478. The molecule has 27 heavy (non-hydrogen) atoms. The number of aromatic hydroxyl groups is 2. The molecule has 0 fully saturated rings. The van der Waals surface area contributed by atoms with E-state index in [0.29, 0.717) is 0 Å². The minimum absolute atomic E-state index is 0. The number of rotatable bonds is 6. The van der Waals surface area contributed by atoms with Crippen molar-refractivity contribution in [2.75, 3.05) is 19.6 Å². The molecule has 1 aliphatic heterocycles. The minimum Gasteiger partial charge on any atom is -0.504 e. The predicted octanol–water partition coefficient (Wildman–Crippen LogP) is 5.42. The van der Waals surface area contributed by atoms with Gasteiger partial charge in [-0.25, -0.2) is 0 Å². The molecule has 0 aromatic heterocycles. The van der Waals surface area contributed by atoms with Crippen LogP contribution in [0.15, 0.2) is 36.4 Å². The molecule has 0 aliphatic carbocycles. The Morgan fingerprint density at radius 3 is 2.48 bits per heavy atom. The lowest BCUT2D eigenvalue weighted by Gasteiger charge is -2.25. The molecule has 0 spiro atoms. The highest BCUT2D eigenvalue weighted by Crippen LogP contribution is 2.41. The molecule has 1 unspecified atom stereocenters. The number of phenolic OH excluding ortho intramolecular Hbond substituents is 2. The van der Waals surface area contributed by atoms with Crippen molar-refractivity contribution in [1.82, 2.24) is 4.90 Å². The van der Waals surface area contributed by atoms with Gasteiger partial charge in [0.2, 0.25) is 0 Å². The quantitative estimate of drug-likeness (QED) is 0.597. The lowest BCUT2D eigenvalue weighted by Crippen LogP contribution is -2.29. The summed E-state index contributed by atoms with van der Waals surface area (Å²) in [6.07, 6.45) is 5.10. The zero-order valence-electron chi connectivity index (χ0n) is 16.4. The van der Waals surface area contributed by atoms with E-state index >= 15 is 0 Å². The Kier molecular flexibility index (Phi) is 8.18. The summed E-state index contributed by atoms with van der Waals surface area (Å²) in [6, 6.07) is 12.4. The van der Waals surface area contributed by atoms with Crippen molar-refractivity contribution >= 4 is 17.0 Å². The molecule has 0 radical (unpaired) electrons. The third-order valence-corrected chi connectivity index (χ3v) is 5.56. The van der Waals surface area contributed by atoms with Crippen LogP contribution in [0.1, 0.15) is 61.3 Å². The van der Waals surface area contributed by atoms with Crippen molar-refractivity contribution in [3.8, 4) is 11.5 Å². The SMILES string of the molecule is Br.CCCCN1CCc2c(cc(O)c(O)c2CCC)C(c2ccccc2)C1. The van der Waals surface area contributed by atoms with Crippen LogP contribution >= 0.6 is 17.0 Å². The normalized spacial score (nSPS) is 17.0. The number of phenols is 2. The maximum atomic E-state index is 10.5. The molecule has 1 atom stereocenters. The Balaban J connectivity index is 0.00000261. The third kappa shape index (κ3) is 4.85. The fourth-order valence-corrected chi connectivity index (χ4v) is 4.17. The van der Waals surface area contributed by atoms with Gasteiger partial charge in [0, 0.05) is 24.6 Å². The first-order valence-electron chi connectivity index (χ1n) is 9.99. The first-order valence-corrected chi connectivity index (χ1v) is 9.99. The molecule has 2 aromatic rings. The first kappa shape index (κ1) is 21.8. The second kappa shape index (κ2) is 10.1. The maximum Gasteiger partial charge on any atom is 0.160 e. The summed E-state index contributed by atoms with van der Waals surface area (Å²) in [5.74, 6) is 0.335. The van der Waals surface area contributed by atoms with Gasteiger partial charge < -0.3 is 15.1 Å². The Hall–Kier alpha value is -1.52. The van der Waals surface area contributed by atoms with Crippen LogP contribution in [0.5, 0.6) is 11.5 Å². The number of fused-ring (bicyclic) bond motifs is 1. The van der Waals surface area contributed by atoms with E-state index in [9.17, 15) is 10.2 Å². The Morgan fingerprint density at radius 2 is 1.81 bits per heavy atom. The average Bonchev–Trinajstić information content (AvgIpc) is 2.84. The summed E-state index contributed by atoms with van der Waals surface area (Å²) in [4.78, 5) is 2.55. The van der Waals surface area contributed by atoms with Gasteiger partial charge in [0.25, 0.3) is 0 Å². The predicted molar refractivity (Wildman–Crippen MR) is 117 cm³/mol. The summed E-state index contributed by atoms with van der Waals surface area (Å²) in [6.45, 7) is 7.43. The molecule has 1 aliphatic rings. The van der Waals surface area contributed by atoms with Gasteiger partial charge in [0.1, 0.15) is 0 Å². The second-order valence-electron chi connectivity index (χ2n) is 7.41. The fourth-order valence-electron chi connectivity index (χ4n) is 4.17. The summed E-state index contributed by atoms with van der Waals surface area (Å²) in [7, 11) is 0. The number of halogens is 1. The van der Waals surface area contributed by atoms with Gasteiger partial charge in [-0.2, -0.15) is 0 Å². The molecule has 2 aromatic carbocycles. The van der Waals surface area contributed by atoms with E-state index in [2.05, 4.69) is 43.0 Å². The van der Waals surface area contributed by atoms with Crippen LogP contribution in [0.25, 0.3) is 0 Å². The van der Waals surface area contributed by atoms with Crippen LogP contribution in [0.2, 0.25) is 0 Å². The lowest BCUT2D eigenvalue weighted by atomic mass is 9.84. The van der Waals surface area contributed by atoms with Gasteiger partial charge >= 0.3 is 0 Å². The molecule has 0 saturated carbocycles. The zero-order valence-corrected chi connectivity index (χ0v) is 18.2. The van der Waals surface area contributed by atoms with E-state index in [4.69, 9.17) is 0 Å². The Labute approximate surface area is 173 Å². The molecule has 2 N–H and O–H groups in total. The van der Waals surface area contributed by atoms with E-state index in [1.807, 2.05) is 12.1 Å². The van der Waals surface area contributed by atoms with Crippen molar-refractivity contribution < 1.29 is 10.2 Å². The molecule has 0 saturated heterocycles. The van der Waals surface area contributed by atoms with E-state index in [-0.39, 0.29) is 34.4 Å². The van der Waals surface area contributed by atoms with Gasteiger partial charge in [0.05, 0.1) is 0 Å². The van der Waals surface area contributed by atoms with E-state index < -0.39 is 0 Å². The van der Waals surface area contributed by atoms with Crippen molar-refractivity contribution in [3.05, 3.63) is 58.7 Å². The van der Waals surface area contributed by atoms with Crippen LogP contribution in [-0.4, -0.2) is 34.7 Å². The second-order valence-corrected chi connectivity index (χ2v) is 7.41. The topological polar surface area (TPSA) is 43.7 Å². The van der Waals surface area contributed by atoms with E-state index in [1.165, 1.54) is 29.5 Å². The van der Waals surface area contributed by atoms with E-state index in [1.54, 1.807) is 0 Å². The molecule has 148 valence electrons. The molecule has 0 amide bonds. The molecule has 3 rings (SSSR count). The number of nitrogens with zero attached hydrogens (tertiary/aromatic N) is 1. The molecular formula is C23H32BrNO2. The number of hydrogen-bond acceptors (Lipinski definition) is 3. The number of benzene rings is 2. The summed E-state index contributed by atoms with van der Waals surface area (Å²) in [5, 5.41) is 20.9. The highest BCUT2D eigenvalue weighted by Gasteiger charge is 2.28. The van der Waals surface area contributed by atoms with Gasteiger partial charge in [-0.1, -0.05) is 57.0 Å². The summed E-state index contributed by atoms with van der Waals surface area (Å²) < 4.78 is 0. The van der Waals surface area contributed by atoms with Gasteiger partial charge in [0.15, 0.2) is 11.5 Å². The monoisotopic (exact) mass is 433 g/mol.